The van der Waals surface area contributed by atoms with Crippen molar-refractivity contribution in [3.05, 3.63) is 69.7 Å². The monoisotopic (exact) mass is 465 g/mol. The first-order valence-corrected chi connectivity index (χ1v) is 12.5. The van der Waals surface area contributed by atoms with Gasteiger partial charge < -0.3 is 14.6 Å². The van der Waals surface area contributed by atoms with Gasteiger partial charge in [0.2, 0.25) is 0 Å². The van der Waals surface area contributed by atoms with Crippen LogP contribution in [0, 0.1) is 6.92 Å². The zero-order chi connectivity index (χ0) is 23.2. The summed E-state index contributed by atoms with van der Waals surface area (Å²) >= 11 is 1.72. The average Bonchev–Trinajstić information content (AvgIpc) is 3.21. The number of carboxylic acids is 1. The molecular formula is C27H31NO4S. The molecule has 0 bridgehead atoms. The molecule has 1 aromatic heterocycles. The second-order valence-electron chi connectivity index (χ2n) is 8.36. The Bertz CT molecular complexity index is 1090. The first-order valence-electron chi connectivity index (χ1n) is 11.7. The highest BCUT2D eigenvalue weighted by molar-refractivity contribution is 7.15. The molecule has 0 saturated carbocycles. The molecule has 0 aliphatic heterocycles. The van der Waals surface area contributed by atoms with Crippen molar-refractivity contribution in [3.63, 3.8) is 0 Å². The summed E-state index contributed by atoms with van der Waals surface area (Å²) in [6, 6.07) is 14.3. The van der Waals surface area contributed by atoms with Crippen molar-refractivity contribution in [1.29, 1.82) is 0 Å². The summed E-state index contributed by atoms with van der Waals surface area (Å²) in [5.74, 6) is 0.0168. The molecule has 2 aromatic carbocycles. The van der Waals surface area contributed by atoms with E-state index < -0.39 is 12.1 Å². The van der Waals surface area contributed by atoms with Crippen LogP contribution in [0.5, 0.6) is 5.75 Å². The number of rotatable bonds is 10. The van der Waals surface area contributed by atoms with E-state index in [0.717, 1.165) is 59.7 Å². The van der Waals surface area contributed by atoms with Crippen molar-refractivity contribution in [2.45, 2.75) is 58.5 Å². The lowest BCUT2D eigenvalue weighted by Crippen LogP contribution is -2.27. The van der Waals surface area contributed by atoms with Gasteiger partial charge in [-0.1, -0.05) is 36.4 Å². The van der Waals surface area contributed by atoms with E-state index in [1.54, 1.807) is 11.3 Å². The van der Waals surface area contributed by atoms with Gasteiger partial charge in [0.15, 0.2) is 6.10 Å². The molecule has 1 N–H and O–H groups in total. The van der Waals surface area contributed by atoms with E-state index in [-0.39, 0.29) is 0 Å². The predicted octanol–water partition coefficient (Wildman–Crippen LogP) is 5.65. The lowest BCUT2D eigenvalue weighted by atomic mass is 9.86. The van der Waals surface area contributed by atoms with Gasteiger partial charge in [0, 0.05) is 29.9 Å². The third-order valence-electron chi connectivity index (χ3n) is 6.15. The maximum Gasteiger partial charge on any atom is 0.333 e. The zero-order valence-corrected chi connectivity index (χ0v) is 20.1. The quantitative estimate of drug-likeness (QED) is 0.419. The van der Waals surface area contributed by atoms with E-state index in [9.17, 15) is 9.90 Å². The molecule has 0 fully saturated rings. The molecule has 0 spiro atoms. The van der Waals surface area contributed by atoms with E-state index >= 15 is 0 Å². The van der Waals surface area contributed by atoms with Crippen LogP contribution in [0.4, 0.5) is 0 Å². The molecule has 1 unspecified atom stereocenters. The van der Waals surface area contributed by atoms with Crippen LogP contribution in [0.3, 0.4) is 0 Å². The third-order valence-corrected chi connectivity index (χ3v) is 7.21. The summed E-state index contributed by atoms with van der Waals surface area (Å²) in [5.41, 5.74) is 5.79. The Morgan fingerprint density at radius 3 is 2.61 bits per heavy atom. The van der Waals surface area contributed by atoms with Crippen molar-refractivity contribution in [2.24, 2.45) is 0 Å². The van der Waals surface area contributed by atoms with E-state index in [1.807, 2.05) is 37.3 Å². The summed E-state index contributed by atoms with van der Waals surface area (Å²) in [4.78, 5) is 17.6. The van der Waals surface area contributed by atoms with Gasteiger partial charge in [-0.05, 0) is 62.3 Å². The minimum atomic E-state index is -0.907. The Labute approximate surface area is 199 Å². The van der Waals surface area contributed by atoms with E-state index in [0.29, 0.717) is 19.6 Å². The van der Waals surface area contributed by atoms with Gasteiger partial charge in [0.25, 0.3) is 0 Å². The highest BCUT2D eigenvalue weighted by Gasteiger charge is 2.23. The number of aromatic nitrogens is 1. The van der Waals surface area contributed by atoms with Gasteiger partial charge in [-0.2, -0.15) is 0 Å². The second kappa shape index (κ2) is 10.9. The maximum absolute atomic E-state index is 11.6. The Morgan fingerprint density at radius 2 is 1.88 bits per heavy atom. The molecule has 4 rings (SSSR count). The van der Waals surface area contributed by atoms with Gasteiger partial charge in [-0.25, -0.2) is 9.78 Å². The van der Waals surface area contributed by atoms with Crippen LogP contribution in [0.2, 0.25) is 0 Å². The number of thiazole rings is 1. The summed E-state index contributed by atoms with van der Waals surface area (Å²) in [5, 5.41) is 10.5. The molecule has 1 aliphatic carbocycles. The fourth-order valence-electron chi connectivity index (χ4n) is 4.48. The van der Waals surface area contributed by atoms with Crippen molar-refractivity contribution < 1.29 is 19.4 Å². The lowest BCUT2D eigenvalue weighted by molar-refractivity contribution is -0.149. The maximum atomic E-state index is 11.6. The number of aliphatic carboxylic acids is 1. The number of nitrogens with zero attached hydrogens (tertiary/aromatic N) is 1. The van der Waals surface area contributed by atoms with E-state index in [4.69, 9.17) is 14.5 Å². The van der Waals surface area contributed by atoms with Crippen LogP contribution in [0.1, 0.15) is 47.0 Å². The Morgan fingerprint density at radius 1 is 1.12 bits per heavy atom. The number of carboxylic acid groups (broad SMARTS) is 1. The highest BCUT2D eigenvalue weighted by atomic mass is 32.1. The van der Waals surface area contributed by atoms with Crippen LogP contribution in [-0.2, 0) is 35.2 Å². The van der Waals surface area contributed by atoms with Gasteiger partial charge >= 0.3 is 5.97 Å². The molecule has 1 aliphatic rings. The Balaban J connectivity index is 1.46. The predicted molar refractivity (Wildman–Crippen MR) is 131 cm³/mol. The Hall–Kier alpha value is -2.70. The molecule has 3 aromatic rings. The van der Waals surface area contributed by atoms with E-state index in [2.05, 4.69) is 19.1 Å². The van der Waals surface area contributed by atoms with Crippen LogP contribution < -0.4 is 4.74 Å². The standard InChI is InChI=1S/C27H31NO4S/c1-3-31-25(27(29)30)17-20-13-14-24(22-12-8-7-11-21(20)22)32-16-15-23-18(2)33-26(28-23)19-9-5-4-6-10-19/h4-6,9-10,13-14,25H,3,7-8,11-12,15-17H2,1-2H3,(H,29,30). The van der Waals surface area contributed by atoms with Crippen molar-refractivity contribution in [3.8, 4) is 16.3 Å². The lowest BCUT2D eigenvalue weighted by Gasteiger charge is -2.24. The molecule has 0 amide bonds. The SMILES string of the molecule is CCOC(Cc1ccc(OCCc2nc(-c3ccccc3)sc2C)c2c1CCCC2)C(=O)O. The molecule has 0 radical (unpaired) electrons. The van der Waals surface area contributed by atoms with Crippen molar-refractivity contribution >= 4 is 17.3 Å². The second-order valence-corrected chi connectivity index (χ2v) is 9.56. The topological polar surface area (TPSA) is 68.7 Å². The van der Waals surface area contributed by atoms with Crippen molar-refractivity contribution in [1.82, 2.24) is 4.98 Å². The number of hydrogen-bond donors (Lipinski definition) is 1. The summed E-state index contributed by atoms with van der Waals surface area (Å²) in [7, 11) is 0. The number of fused-ring (bicyclic) bond motifs is 1. The first kappa shape index (κ1) is 23.5. The molecule has 6 heteroatoms. The summed E-state index contributed by atoms with van der Waals surface area (Å²) in [6.45, 7) is 4.91. The third kappa shape index (κ3) is 5.63. The average molecular weight is 466 g/mol. The number of aryl methyl sites for hydroxylation is 1. The molecule has 5 nitrogen and oxygen atoms in total. The minimum Gasteiger partial charge on any atom is -0.493 e. The number of carbonyl (C=O) groups is 1. The largest absolute Gasteiger partial charge is 0.493 e. The highest BCUT2D eigenvalue weighted by Crippen LogP contribution is 2.34. The fourth-order valence-corrected chi connectivity index (χ4v) is 5.44. The number of ether oxygens (including phenoxy) is 2. The van der Waals surface area contributed by atoms with Gasteiger partial charge in [-0.15, -0.1) is 11.3 Å². The molecule has 174 valence electrons. The van der Waals surface area contributed by atoms with Crippen LogP contribution in [0.25, 0.3) is 10.6 Å². The van der Waals surface area contributed by atoms with Gasteiger partial charge in [-0.3, -0.25) is 0 Å². The molecule has 33 heavy (non-hydrogen) atoms. The number of hydrogen-bond acceptors (Lipinski definition) is 5. The van der Waals surface area contributed by atoms with Gasteiger partial charge in [0.1, 0.15) is 10.8 Å². The first-order chi connectivity index (χ1) is 16.1. The fraction of sp³-hybridized carbons (Fsp3) is 0.407. The minimum absolute atomic E-state index is 0.391. The van der Waals surface area contributed by atoms with Crippen LogP contribution in [-0.4, -0.2) is 35.4 Å². The zero-order valence-electron chi connectivity index (χ0n) is 19.3. The van der Waals surface area contributed by atoms with Crippen LogP contribution >= 0.6 is 11.3 Å². The Kier molecular flexibility index (Phi) is 7.78. The molecule has 1 heterocycles. The summed E-state index contributed by atoms with van der Waals surface area (Å²) in [6.07, 6.45) is 4.54. The molecular weight excluding hydrogens is 434 g/mol. The number of benzene rings is 2. The van der Waals surface area contributed by atoms with Crippen LogP contribution in [0.15, 0.2) is 42.5 Å². The molecule has 1 atom stereocenters. The van der Waals surface area contributed by atoms with Crippen molar-refractivity contribution in [2.75, 3.05) is 13.2 Å². The van der Waals surface area contributed by atoms with Gasteiger partial charge in [0.05, 0.1) is 12.3 Å². The molecule has 0 saturated heterocycles. The van der Waals surface area contributed by atoms with E-state index in [1.165, 1.54) is 16.0 Å². The smallest absolute Gasteiger partial charge is 0.333 e. The summed E-state index contributed by atoms with van der Waals surface area (Å²) < 4.78 is 11.7. The normalized spacial score (nSPS) is 14.0.